The van der Waals surface area contributed by atoms with Gasteiger partial charge >= 0.3 is 0 Å². The highest BCUT2D eigenvalue weighted by Crippen LogP contribution is 2.51. The Morgan fingerprint density at radius 3 is 2.56 bits per heavy atom. The van der Waals surface area contributed by atoms with Gasteiger partial charge in [-0.1, -0.05) is 26.7 Å². The lowest BCUT2D eigenvalue weighted by Crippen LogP contribution is -2.42. The Morgan fingerprint density at radius 1 is 1.33 bits per heavy atom. The standard InChI is InChI=1S/C15H28N2O/c1-11(2)15(7-8-15)10-17-14(18)13-6-4-3-5-12(13)9-16/h11-13H,3-10,16H2,1-2H3,(H,17,18). The summed E-state index contributed by atoms with van der Waals surface area (Å²) in [4.78, 5) is 12.3. The zero-order valence-electron chi connectivity index (χ0n) is 11.9. The lowest BCUT2D eigenvalue weighted by atomic mass is 9.78. The lowest BCUT2D eigenvalue weighted by molar-refractivity contribution is -0.128. The summed E-state index contributed by atoms with van der Waals surface area (Å²) in [5.74, 6) is 1.52. The van der Waals surface area contributed by atoms with Gasteiger partial charge in [-0.3, -0.25) is 4.79 Å². The summed E-state index contributed by atoms with van der Waals surface area (Å²) in [5, 5.41) is 3.21. The fraction of sp³-hybridized carbons (Fsp3) is 0.933. The molecule has 3 N–H and O–H groups in total. The van der Waals surface area contributed by atoms with Crippen LogP contribution in [0.3, 0.4) is 0 Å². The van der Waals surface area contributed by atoms with Crippen LogP contribution in [0.1, 0.15) is 52.4 Å². The summed E-state index contributed by atoms with van der Waals surface area (Å²) < 4.78 is 0. The van der Waals surface area contributed by atoms with E-state index in [1.807, 2.05) is 0 Å². The first-order valence-corrected chi connectivity index (χ1v) is 7.57. The van der Waals surface area contributed by atoms with Crippen LogP contribution < -0.4 is 11.1 Å². The van der Waals surface area contributed by atoms with Crippen LogP contribution in [-0.4, -0.2) is 19.0 Å². The number of carbonyl (C=O) groups is 1. The normalized spacial score (nSPS) is 30.2. The van der Waals surface area contributed by atoms with Crippen LogP contribution >= 0.6 is 0 Å². The summed E-state index contributed by atoms with van der Waals surface area (Å²) in [6.07, 6.45) is 7.13. The Labute approximate surface area is 111 Å². The Kier molecular flexibility index (Phi) is 4.31. The number of hydrogen-bond acceptors (Lipinski definition) is 2. The molecule has 1 amide bonds. The smallest absolute Gasteiger partial charge is 0.223 e. The second-order valence-corrected chi connectivity index (χ2v) is 6.62. The molecule has 0 aromatic heterocycles. The van der Waals surface area contributed by atoms with Gasteiger partial charge in [0, 0.05) is 12.5 Å². The van der Waals surface area contributed by atoms with Crippen molar-refractivity contribution in [3.05, 3.63) is 0 Å². The van der Waals surface area contributed by atoms with Gasteiger partial charge in [0.2, 0.25) is 5.91 Å². The molecule has 0 heterocycles. The zero-order chi connectivity index (χ0) is 13.2. The maximum Gasteiger partial charge on any atom is 0.223 e. The molecule has 18 heavy (non-hydrogen) atoms. The monoisotopic (exact) mass is 252 g/mol. The first-order chi connectivity index (χ1) is 8.59. The van der Waals surface area contributed by atoms with Crippen LogP contribution in [0.2, 0.25) is 0 Å². The number of nitrogens with two attached hydrogens (primary N) is 1. The van der Waals surface area contributed by atoms with Crippen molar-refractivity contribution in [3.8, 4) is 0 Å². The van der Waals surface area contributed by atoms with E-state index >= 15 is 0 Å². The molecule has 0 spiro atoms. The van der Waals surface area contributed by atoms with Crippen molar-refractivity contribution in [1.29, 1.82) is 0 Å². The van der Waals surface area contributed by atoms with E-state index in [4.69, 9.17) is 5.73 Å². The van der Waals surface area contributed by atoms with Crippen LogP contribution in [0.15, 0.2) is 0 Å². The molecule has 2 fully saturated rings. The molecule has 3 nitrogen and oxygen atoms in total. The second-order valence-electron chi connectivity index (χ2n) is 6.62. The molecule has 2 aliphatic rings. The average Bonchev–Trinajstić information content (AvgIpc) is 3.17. The molecule has 0 aromatic rings. The van der Waals surface area contributed by atoms with Gasteiger partial charge in [0.05, 0.1) is 0 Å². The van der Waals surface area contributed by atoms with E-state index in [0.717, 1.165) is 19.4 Å². The quantitative estimate of drug-likeness (QED) is 0.789. The maximum atomic E-state index is 12.3. The van der Waals surface area contributed by atoms with Gasteiger partial charge in [0.25, 0.3) is 0 Å². The van der Waals surface area contributed by atoms with Gasteiger partial charge in [-0.25, -0.2) is 0 Å². The number of hydrogen-bond donors (Lipinski definition) is 2. The van der Waals surface area contributed by atoms with Gasteiger partial charge in [-0.05, 0) is 49.5 Å². The molecular formula is C15H28N2O. The van der Waals surface area contributed by atoms with Gasteiger partial charge in [-0.2, -0.15) is 0 Å². The van der Waals surface area contributed by atoms with Gasteiger partial charge in [0.15, 0.2) is 0 Å². The number of carbonyl (C=O) groups excluding carboxylic acids is 1. The van der Waals surface area contributed by atoms with Crippen molar-refractivity contribution < 1.29 is 4.79 Å². The van der Waals surface area contributed by atoms with E-state index in [1.54, 1.807) is 0 Å². The predicted molar refractivity (Wildman–Crippen MR) is 74.0 cm³/mol. The molecule has 3 heteroatoms. The largest absolute Gasteiger partial charge is 0.355 e. The minimum atomic E-state index is 0.173. The number of nitrogens with one attached hydrogen (secondary N) is 1. The third-order valence-corrected chi connectivity index (χ3v) is 5.28. The molecule has 2 atom stereocenters. The van der Waals surface area contributed by atoms with Crippen molar-refractivity contribution >= 4 is 5.91 Å². The van der Waals surface area contributed by atoms with Crippen LogP contribution in [0.4, 0.5) is 0 Å². The molecule has 2 aliphatic carbocycles. The van der Waals surface area contributed by atoms with E-state index in [-0.39, 0.29) is 11.8 Å². The summed E-state index contributed by atoms with van der Waals surface area (Å²) in [7, 11) is 0. The second kappa shape index (κ2) is 5.60. The Hall–Kier alpha value is -0.570. The van der Waals surface area contributed by atoms with E-state index in [2.05, 4.69) is 19.2 Å². The Balaban J connectivity index is 1.83. The molecule has 0 radical (unpaired) electrons. The molecule has 0 aliphatic heterocycles. The van der Waals surface area contributed by atoms with Crippen LogP contribution in [0, 0.1) is 23.2 Å². The van der Waals surface area contributed by atoms with Crippen molar-refractivity contribution in [1.82, 2.24) is 5.32 Å². The van der Waals surface area contributed by atoms with Crippen molar-refractivity contribution in [3.63, 3.8) is 0 Å². The van der Waals surface area contributed by atoms with E-state index in [9.17, 15) is 4.79 Å². The predicted octanol–water partition coefficient (Wildman–Crippen LogP) is 2.30. The van der Waals surface area contributed by atoms with Crippen LogP contribution in [0.5, 0.6) is 0 Å². The zero-order valence-corrected chi connectivity index (χ0v) is 11.9. The minimum absolute atomic E-state index is 0.173. The van der Waals surface area contributed by atoms with Crippen molar-refractivity contribution in [2.24, 2.45) is 28.9 Å². The van der Waals surface area contributed by atoms with Crippen molar-refractivity contribution in [2.75, 3.05) is 13.1 Å². The fourth-order valence-electron chi connectivity index (χ4n) is 3.35. The van der Waals surface area contributed by atoms with Crippen LogP contribution in [0.25, 0.3) is 0 Å². The molecule has 2 unspecified atom stereocenters. The minimum Gasteiger partial charge on any atom is -0.355 e. The SMILES string of the molecule is CC(C)C1(CNC(=O)C2CCCCC2CN)CC1. The number of rotatable bonds is 5. The fourth-order valence-corrected chi connectivity index (χ4v) is 3.35. The first kappa shape index (κ1) is 13.9. The van der Waals surface area contributed by atoms with E-state index in [1.165, 1.54) is 25.7 Å². The van der Waals surface area contributed by atoms with Crippen molar-refractivity contribution in [2.45, 2.75) is 52.4 Å². The molecule has 2 saturated carbocycles. The van der Waals surface area contributed by atoms with Gasteiger partial charge in [-0.15, -0.1) is 0 Å². The molecule has 104 valence electrons. The molecular weight excluding hydrogens is 224 g/mol. The highest BCUT2D eigenvalue weighted by atomic mass is 16.1. The third kappa shape index (κ3) is 2.87. The summed E-state index contributed by atoms with van der Waals surface area (Å²) in [6, 6.07) is 0. The third-order valence-electron chi connectivity index (χ3n) is 5.28. The highest BCUT2D eigenvalue weighted by molar-refractivity contribution is 5.79. The summed E-state index contributed by atoms with van der Waals surface area (Å²) in [6.45, 7) is 6.07. The highest BCUT2D eigenvalue weighted by Gasteiger charge is 2.45. The number of amides is 1. The van der Waals surface area contributed by atoms with Gasteiger partial charge in [0.1, 0.15) is 0 Å². The van der Waals surface area contributed by atoms with E-state index < -0.39 is 0 Å². The molecule has 0 bridgehead atoms. The summed E-state index contributed by atoms with van der Waals surface area (Å²) in [5.41, 5.74) is 6.20. The van der Waals surface area contributed by atoms with Crippen LogP contribution in [-0.2, 0) is 4.79 Å². The van der Waals surface area contributed by atoms with E-state index in [0.29, 0.717) is 23.8 Å². The topological polar surface area (TPSA) is 55.1 Å². The molecule has 0 aromatic carbocycles. The summed E-state index contributed by atoms with van der Waals surface area (Å²) >= 11 is 0. The van der Waals surface area contributed by atoms with Gasteiger partial charge < -0.3 is 11.1 Å². The Bertz CT molecular complexity index is 297. The first-order valence-electron chi connectivity index (χ1n) is 7.57. The molecule has 0 saturated heterocycles. The molecule has 2 rings (SSSR count). The maximum absolute atomic E-state index is 12.3. The average molecular weight is 252 g/mol. The Morgan fingerprint density at radius 2 is 2.00 bits per heavy atom. The lowest BCUT2D eigenvalue weighted by Gasteiger charge is -2.30.